The Morgan fingerprint density at radius 3 is 2.57 bits per heavy atom. The molecule has 11 nitrogen and oxygen atoms in total. The second kappa shape index (κ2) is 10.5. The summed E-state index contributed by atoms with van der Waals surface area (Å²) in [5.74, 6) is -0.702. The highest BCUT2D eigenvalue weighted by Gasteiger charge is 2.39. The smallest absolute Gasteiger partial charge is 0.416 e. The molecule has 15 heteroatoms. The van der Waals surface area contributed by atoms with Gasteiger partial charge in [0.15, 0.2) is 23.4 Å². The van der Waals surface area contributed by atoms with Gasteiger partial charge in [0.25, 0.3) is 0 Å². The van der Waals surface area contributed by atoms with E-state index in [1.54, 1.807) is 19.1 Å². The molecule has 0 aliphatic rings. The number of alkyl halides is 3. The Morgan fingerprint density at radius 1 is 1.16 bits per heavy atom. The van der Waals surface area contributed by atoms with Crippen LogP contribution in [0.2, 0.25) is 5.02 Å². The van der Waals surface area contributed by atoms with Crippen LogP contribution in [0.3, 0.4) is 0 Å². The average molecular weight is 538 g/mol. The molecule has 0 aliphatic heterocycles. The molecule has 1 aromatic carbocycles. The number of benzene rings is 1. The lowest BCUT2D eigenvalue weighted by Crippen LogP contribution is -2.37. The Hall–Kier alpha value is -4.04. The minimum atomic E-state index is -4.94. The number of rotatable bonds is 8. The van der Waals surface area contributed by atoms with Gasteiger partial charge >= 0.3 is 17.8 Å². The van der Waals surface area contributed by atoms with Crippen molar-refractivity contribution >= 4 is 17.6 Å². The molecular formula is C22H19ClF3N7O4. The highest BCUT2D eigenvalue weighted by molar-refractivity contribution is 6.30. The molecule has 3 aromatic heterocycles. The fourth-order valence-electron chi connectivity index (χ4n) is 3.36. The van der Waals surface area contributed by atoms with Crippen LogP contribution in [0.5, 0.6) is 0 Å². The molecule has 3 heterocycles. The largest absolute Gasteiger partial charge is 0.461 e. The molecule has 4 rings (SSSR count). The number of pyridine rings is 1. The van der Waals surface area contributed by atoms with E-state index in [4.69, 9.17) is 16.3 Å². The fraction of sp³-hybridized carbons (Fsp3) is 0.273. The summed E-state index contributed by atoms with van der Waals surface area (Å²) in [6.07, 6.45) is -5.05. The first-order valence-corrected chi connectivity index (χ1v) is 11.2. The van der Waals surface area contributed by atoms with Crippen LogP contribution in [0.1, 0.15) is 23.2 Å². The van der Waals surface area contributed by atoms with E-state index in [0.717, 1.165) is 9.25 Å². The van der Waals surface area contributed by atoms with Crippen molar-refractivity contribution in [3.63, 3.8) is 0 Å². The van der Waals surface area contributed by atoms with Gasteiger partial charge in [-0.15, -0.1) is 10.2 Å². The van der Waals surface area contributed by atoms with Crippen molar-refractivity contribution in [3.8, 4) is 17.1 Å². The molecule has 37 heavy (non-hydrogen) atoms. The van der Waals surface area contributed by atoms with Crippen LogP contribution in [-0.2, 0) is 17.8 Å². The summed E-state index contributed by atoms with van der Waals surface area (Å²) in [4.78, 5) is 33.4. The summed E-state index contributed by atoms with van der Waals surface area (Å²) in [5, 5.41) is 18.4. The molecular weight excluding hydrogens is 519 g/mol. The predicted octanol–water partition coefficient (Wildman–Crippen LogP) is 2.49. The number of aliphatic hydroxyl groups excluding tert-OH is 1. The van der Waals surface area contributed by atoms with Crippen molar-refractivity contribution in [2.45, 2.75) is 32.3 Å². The van der Waals surface area contributed by atoms with E-state index in [9.17, 15) is 27.9 Å². The monoisotopic (exact) mass is 537 g/mol. The van der Waals surface area contributed by atoms with Gasteiger partial charge in [0, 0.05) is 16.8 Å². The zero-order valence-corrected chi connectivity index (χ0v) is 19.9. The summed E-state index contributed by atoms with van der Waals surface area (Å²) in [5.41, 5.74) is -0.345. The molecule has 1 unspecified atom stereocenters. The molecule has 4 aromatic rings. The van der Waals surface area contributed by atoms with Gasteiger partial charge in [-0.1, -0.05) is 11.6 Å². The van der Waals surface area contributed by atoms with Gasteiger partial charge in [-0.05, 0) is 43.3 Å². The molecule has 0 fully saturated rings. The first-order chi connectivity index (χ1) is 17.6. The van der Waals surface area contributed by atoms with Crippen LogP contribution in [0.15, 0.2) is 53.7 Å². The topological polar surface area (TPSA) is 130 Å². The normalized spacial score (nSPS) is 12.5. The first kappa shape index (κ1) is 26.0. The maximum Gasteiger partial charge on any atom is 0.416 e. The Bertz CT molecular complexity index is 1460. The zero-order valence-electron chi connectivity index (χ0n) is 19.1. The Morgan fingerprint density at radius 2 is 1.89 bits per heavy atom. The van der Waals surface area contributed by atoms with Crippen LogP contribution >= 0.6 is 11.6 Å². The zero-order chi connectivity index (χ0) is 26.7. The maximum absolute atomic E-state index is 13.0. The van der Waals surface area contributed by atoms with Crippen LogP contribution in [0.25, 0.3) is 17.1 Å². The van der Waals surface area contributed by atoms with Crippen molar-refractivity contribution in [3.05, 3.63) is 75.9 Å². The number of aromatic nitrogens is 7. The van der Waals surface area contributed by atoms with Crippen molar-refractivity contribution in [1.29, 1.82) is 0 Å². The third-order valence-electron chi connectivity index (χ3n) is 5.09. The van der Waals surface area contributed by atoms with Crippen LogP contribution in [0, 0.1) is 0 Å². The Kier molecular flexibility index (Phi) is 7.40. The predicted molar refractivity (Wildman–Crippen MR) is 123 cm³/mol. The average Bonchev–Trinajstić information content (AvgIpc) is 3.44. The summed E-state index contributed by atoms with van der Waals surface area (Å²) >= 11 is 5.89. The van der Waals surface area contributed by atoms with Gasteiger partial charge in [0.2, 0.25) is 0 Å². The number of ether oxygens (including phenoxy) is 1. The van der Waals surface area contributed by atoms with E-state index in [2.05, 4.69) is 20.2 Å². The van der Waals surface area contributed by atoms with Gasteiger partial charge < -0.3 is 9.84 Å². The van der Waals surface area contributed by atoms with E-state index < -0.39 is 30.5 Å². The van der Waals surface area contributed by atoms with E-state index in [1.807, 2.05) is 0 Å². The second-order valence-corrected chi connectivity index (χ2v) is 8.07. The van der Waals surface area contributed by atoms with Gasteiger partial charge in [-0.2, -0.15) is 13.2 Å². The number of esters is 1. The lowest BCUT2D eigenvalue weighted by Gasteiger charge is -2.15. The number of aliphatic hydroxyl groups is 1. The number of carbonyl (C=O) groups excluding carboxylic acids is 1. The summed E-state index contributed by atoms with van der Waals surface area (Å²) in [6, 6.07) is 9.09. The van der Waals surface area contributed by atoms with Crippen LogP contribution < -0.4 is 5.69 Å². The fourth-order valence-corrected chi connectivity index (χ4v) is 3.48. The van der Waals surface area contributed by atoms with Crippen LogP contribution in [-0.4, -0.2) is 64.1 Å². The molecule has 0 aliphatic carbocycles. The quantitative estimate of drug-likeness (QED) is 0.339. The Balaban J connectivity index is 1.69. The summed E-state index contributed by atoms with van der Waals surface area (Å²) in [7, 11) is 0. The molecule has 0 radical (unpaired) electrons. The molecule has 0 spiro atoms. The summed E-state index contributed by atoms with van der Waals surface area (Å²) < 4.78 is 47.0. The van der Waals surface area contributed by atoms with Crippen LogP contribution in [0.4, 0.5) is 13.2 Å². The van der Waals surface area contributed by atoms with E-state index in [0.29, 0.717) is 10.6 Å². The molecule has 194 valence electrons. The maximum atomic E-state index is 13.0. The summed E-state index contributed by atoms with van der Waals surface area (Å²) in [6.45, 7) is 0.413. The molecule has 0 bridgehead atoms. The van der Waals surface area contributed by atoms with Gasteiger partial charge in [0.1, 0.15) is 12.9 Å². The van der Waals surface area contributed by atoms with E-state index >= 15 is 0 Å². The Labute approximate surface area is 211 Å². The first-order valence-electron chi connectivity index (χ1n) is 10.8. The van der Waals surface area contributed by atoms with Gasteiger partial charge in [-0.3, -0.25) is 4.57 Å². The number of hydrogen-bond acceptors (Lipinski definition) is 8. The lowest BCUT2D eigenvalue weighted by molar-refractivity contribution is -0.207. The number of nitrogens with zero attached hydrogens (tertiary/aromatic N) is 7. The highest BCUT2D eigenvalue weighted by atomic mass is 35.5. The minimum absolute atomic E-state index is 0.00610. The van der Waals surface area contributed by atoms with Gasteiger partial charge in [-0.25, -0.2) is 28.9 Å². The standard InChI is InChI=1S/C22H19ClF3N7O4/c1-2-37-20(35)18-15(4-3-9-27-18)33-12-28-17(29-33)11-32-21(36)31(10-16(34)22(24,25)26)19(30-32)13-5-7-14(23)8-6-13/h3-9,12,16,34H,2,10-11H2,1H3. The molecule has 1 N–H and O–H groups in total. The van der Waals surface area contributed by atoms with Crippen molar-refractivity contribution < 1.29 is 27.8 Å². The molecule has 0 amide bonds. The number of hydrogen-bond donors (Lipinski definition) is 1. The SMILES string of the molecule is CCOC(=O)c1ncccc1-n1cnc(Cn2nc(-c3ccc(Cl)cc3)n(CC(O)C(F)(F)F)c2=O)n1. The molecule has 0 saturated carbocycles. The van der Waals surface area contributed by atoms with Crippen molar-refractivity contribution in [2.24, 2.45) is 0 Å². The van der Waals surface area contributed by atoms with E-state index in [1.165, 1.54) is 41.5 Å². The highest BCUT2D eigenvalue weighted by Crippen LogP contribution is 2.24. The number of carbonyl (C=O) groups is 1. The molecule has 0 saturated heterocycles. The third kappa shape index (κ3) is 5.70. The van der Waals surface area contributed by atoms with Crippen molar-refractivity contribution in [2.75, 3.05) is 6.61 Å². The van der Waals surface area contributed by atoms with Gasteiger partial charge in [0.05, 0.1) is 18.8 Å². The minimum Gasteiger partial charge on any atom is -0.461 e. The lowest BCUT2D eigenvalue weighted by atomic mass is 10.2. The number of halogens is 4. The second-order valence-electron chi connectivity index (χ2n) is 7.64. The molecule has 1 atom stereocenters. The third-order valence-corrected chi connectivity index (χ3v) is 5.34. The van der Waals surface area contributed by atoms with E-state index in [-0.39, 0.29) is 36.2 Å². The van der Waals surface area contributed by atoms with Crippen molar-refractivity contribution in [1.82, 2.24) is 34.1 Å².